The molecule has 0 bridgehead atoms. The minimum Gasteiger partial charge on any atom is -0.388 e. The maximum atomic E-state index is 9.82. The van der Waals surface area contributed by atoms with Crippen LogP contribution in [0.3, 0.4) is 0 Å². The molecule has 0 fully saturated rings. The highest BCUT2D eigenvalue weighted by Crippen LogP contribution is 2.12. The van der Waals surface area contributed by atoms with Crippen LogP contribution < -0.4 is 5.73 Å². The summed E-state index contributed by atoms with van der Waals surface area (Å²) in [6, 6.07) is 2.02. The van der Waals surface area contributed by atoms with Crippen LogP contribution in [-0.2, 0) is 19.9 Å². The molecule has 3 N–H and O–H groups in total. The highest BCUT2D eigenvalue weighted by molar-refractivity contribution is 5.12. The third-order valence-corrected chi connectivity index (χ3v) is 2.39. The van der Waals surface area contributed by atoms with E-state index in [-0.39, 0.29) is 6.54 Å². The van der Waals surface area contributed by atoms with Gasteiger partial charge in [0.25, 0.3) is 0 Å². The van der Waals surface area contributed by atoms with Crippen LogP contribution in [0.2, 0.25) is 0 Å². The molecule has 0 aliphatic carbocycles. The molecule has 4 nitrogen and oxygen atoms in total. The average molecular weight is 197 g/mol. The van der Waals surface area contributed by atoms with E-state index in [4.69, 9.17) is 5.73 Å². The molecule has 1 rings (SSSR count). The van der Waals surface area contributed by atoms with E-state index in [2.05, 4.69) is 12.0 Å². The molecular formula is C10H19N3O. The van der Waals surface area contributed by atoms with Gasteiger partial charge < -0.3 is 10.8 Å². The molecule has 1 unspecified atom stereocenters. The Morgan fingerprint density at radius 3 is 2.71 bits per heavy atom. The summed E-state index contributed by atoms with van der Waals surface area (Å²) in [7, 11) is 1.89. The molecule has 0 radical (unpaired) electrons. The number of hydrogen-bond acceptors (Lipinski definition) is 3. The van der Waals surface area contributed by atoms with E-state index in [1.165, 1.54) is 0 Å². The van der Waals surface area contributed by atoms with Crippen molar-refractivity contribution in [2.24, 2.45) is 12.8 Å². The van der Waals surface area contributed by atoms with Gasteiger partial charge >= 0.3 is 0 Å². The maximum absolute atomic E-state index is 9.82. The number of aromatic nitrogens is 2. The molecule has 0 amide bonds. The third-order valence-electron chi connectivity index (χ3n) is 2.39. The lowest BCUT2D eigenvalue weighted by atomic mass is 10.0. The summed E-state index contributed by atoms with van der Waals surface area (Å²) >= 11 is 0. The van der Waals surface area contributed by atoms with E-state index in [9.17, 15) is 5.11 Å². The molecule has 14 heavy (non-hydrogen) atoms. The minimum absolute atomic E-state index is 0.264. The first-order chi connectivity index (χ1) is 6.48. The molecule has 0 aliphatic rings. The first-order valence-corrected chi connectivity index (χ1v) is 4.92. The topological polar surface area (TPSA) is 64.1 Å². The van der Waals surface area contributed by atoms with Gasteiger partial charge in [-0.05, 0) is 19.4 Å². The molecule has 4 heteroatoms. The van der Waals surface area contributed by atoms with Crippen LogP contribution in [-0.4, -0.2) is 27.0 Å². The van der Waals surface area contributed by atoms with Gasteiger partial charge in [-0.2, -0.15) is 5.10 Å². The fourth-order valence-electron chi connectivity index (χ4n) is 1.37. The predicted molar refractivity (Wildman–Crippen MR) is 56.0 cm³/mol. The highest BCUT2D eigenvalue weighted by Gasteiger charge is 2.20. The zero-order valence-electron chi connectivity index (χ0n) is 9.12. The molecule has 0 saturated carbocycles. The van der Waals surface area contributed by atoms with E-state index in [1.54, 1.807) is 6.92 Å². The Bertz CT molecular complexity index is 304. The van der Waals surface area contributed by atoms with Crippen molar-refractivity contribution in [1.29, 1.82) is 0 Å². The second kappa shape index (κ2) is 4.11. The molecule has 1 aromatic rings. The van der Waals surface area contributed by atoms with Gasteiger partial charge in [0.15, 0.2) is 0 Å². The normalized spacial score (nSPS) is 15.5. The van der Waals surface area contributed by atoms with Crippen molar-refractivity contribution in [2.75, 3.05) is 6.54 Å². The minimum atomic E-state index is -0.835. The van der Waals surface area contributed by atoms with Crippen LogP contribution >= 0.6 is 0 Å². The quantitative estimate of drug-likeness (QED) is 0.726. The number of nitrogens with two attached hydrogens (primary N) is 1. The van der Waals surface area contributed by atoms with Crippen LogP contribution in [0.5, 0.6) is 0 Å². The van der Waals surface area contributed by atoms with Gasteiger partial charge in [0.2, 0.25) is 0 Å². The Hall–Kier alpha value is -0.870. The SMILES string of the molecule is CCc1cc(CC(C)(O)CN)n(C)n1. The molecule has 0 aromatic carbocycles. The lowest BCUT2D eigenvalue weighted by molar-refractivity contribution is 0.0676. The molecule has 1 heterocycles. The average Bonchev–Trinajstić information content (AvgIpc) is 2.47. The Labute approximate surface area is 84.7 Å². The number of aryl methyl sites for hydroxylation is 2. The van der Waals surface area contributed by atoms with Gasteiger partial charge in [-0.3, -0.25) is 4.68 Å². The fraction of sp³-hybridized carbons (Fsp3) is 0.700. The van der Waals surface area contributed by atoms with E-state index in [0.29, 0.717) is 6.42 Å². The molecule has 1 atom stereocenters. The fourth-order valence-corrected chi connectivity index (χ4v) is 1.37. The second-order valence-corrected chi connectivity index (χ2v) is 3.98. The molecule has 1 aromatic heterocycles. The smallest absolute Gasteiger partial charge is 0.0796 e. The summed E-state index contributed by atoms with van der Waals surface area (Å²) in [6.07, 6.45) is 1.46. The van der Waals surface area contributed by atoms with Gasteiger partial charge in [0, 0.05) is 25.7 Å². The van der Waals surface area contributed by atoms with Crippen molar-refractivity contribution in [3.8, 4) is 0 Å². The summed E-state index contributed by atoms with van der Waals surface area (Å²) in [5, 5.41) is 14.1. The third kappa shape index (κ3) is 2.56. The Morgan fingerprint density at radius 1 is 1.64 bits per heavy atom. The van der Waals surface area contributed by atoms with Crippen LogP contribution in [0.15, 0.2) is 6.07 Å². The van der Waals surface area contributed by atoms with Crippen molar-refractivity contribution >= 4 is 0 Å². The van der Waals surface area contributed by atoms with Gasteiger partial charge in [0.1, 0.15) is 0 Å². The number of nitrogens with zero attached hydrogens (tertiary/aromatic N) is 2. The van der Waals surface area contributed by atoms with Crippen molar-refractivity contribution in [1.82, 2.24) is 9.78 Å². The second-order valence-electron chi connectivity index (χ2n) is 3.98. The van der Waals surface area contributed by atoms with Crippen molar-refractivity contribution in [3.05, 3.63) is 17.5 Å². The van der Waals surface area contributed by atoms with E-state index in [1.807, 2.05) is 17.8 Å². The van der Waals surface area contributed by atoms with E-state index < -0.39 is 5.60 Å². The molecule has 0 spiro atoms. The van der Waals surface area contributed by atoms with E-state index >= 15 is 0 Å². The Kier molecular flexibility index (Phi) is 3.29. The number of rotatable bonds is 4. The van der Waals surface area contributed by atoms with Crippen molar-refractivity contribution in [3.63, 3.8) is 0 Å². The van der Waals surface area contributed by atoms with Crippen molar-refractivity contribution in [2.45, 2.75) is 32.3 Å². The van der Waals surface area contributed by atoms with Crippen molar-refractivity contribution < 1.29 is 5.11 Å². The predicted octanol–water partition coefficient (Wildman–Crippen LogP) is 0.235. The van der Waals surface area contributed by atoms with Gasteiger partial charge in [-0.15, -0.1) is 0 Å². The maximum Gasteiger partial charge on any atom is 0.0796 e. The zero-order valence-corrected chi connectivity index (χ0v) is 9.12. The molecular weight excluding hydrogens is 178 g/mol. The van der Waals surface area contributed by atoms with Crippen LogP contribution in [0.1, 0.15) is 25.2 Å². The molecule has 0 saturated heterocycles. The number of hydrogen-bond donors (Lipinski definition) is 2. The monoisotopic (exact) mass is 197 g/mol. The molecule has 0 aliphatic heterocycles. The number of aliphatic hydroxyl groups is 1. The summed E-state index contributed by atoms with van der Waals surface area (Å²) in [6.45, 7) is 4.07. The standard InChI is InChI=1S/C10H19N3O/c1-4-8-5-9(13(3)12-8)6-10(2,14)7-11/h5,14H,4,6-7,11H2,1-3H3. The zero-order chi connectivity index (χ0) is 10.8. The Balaban J connectivity index is 2.81. The van der Waals surface area contributed by atoms with Gasteiger partial charge in [-0.25, -0.2) is 0 Å². The lowest BCUT2D eigenvalue weighted by Crippen LogP contribution is -2.37. The van der Waals surface area contributed by atoms with Gasteiger partial charge in [-0.1, -0.05) is 6.92 Å². The lowest BCUT2D eigenvalue weighted by Gasteiger charge is -2.20. The summed E-state index contributed by atoms with van der Waals surface area (Å²) < 4.78 is 1.81. The van der Waals surface area contributed by atoms with Crippen LogP contribution in [0.4, 0.5) is 0 Å². The largest absolute Gasteiger partial charge is 0.388 e. The first kappa shape index (κ1) is 11.2. The van der Waals surface area contributed by atoms with E-state index in [0.717, 1.165) is 17.8 Å². The van der Waals surface area contributed by atoms with Crippen LogP contribution in [0.25, 0.3) is 0 Å². The molecule has 80 valence electrons. The summed E-state index contributed by atoms with van der Waals surface area (Å²) in [5.41, 5.74) is 6.71. The Morgan fingerprint density at radius 2 is 2.29 bits per heavy atom. The summed E-state index contributed by atoms with van der Waals surface area (Å²) in [4.78, 5) is 0. The van der Waals surface area contributed by atoms with Crippen LogP contribution in [0, 0.1) is 0 Å². The highest BCUT2D eigenvalue weighted by atomic mass is 16.3. The first-order valence-electron chi connectivity index (χ1n) is 4.92. The van der Waals surface area contributed by atoms with Gasteiger partial charge in [0.05, 0.1) is 11.3 Å². The summed E-state index contributed by atoms with van der Waals surface area (Å²) in [5.74, 6) is 0.